The van der Waals surface area contributed by atoms with E-state index in [2.05, 4.69) is 15.6 Å². The van der Waals surface area contributed by atoms with Crippen molar-refractivity contribution >= 4 is 35.8 Å². The number of rotatable bonds is 4. The van der Waals surface area contributed by atoms with Crippen molar-refractivity contribution < 1.29 is 9.18 Å². The van der Waals surface area contributed by atoms with Gasteiger partial charge in [0.25, 0.3) is 0 Å². The number of hydrogen-bond acceptors (Lipinski definition) is 4. The summed E-state index contributed by atoms with van der Waals surface area (Å²) in [6.07, 6.45) is 6.61. The summed E-state index contributed by atoms with van der Waals surface area (Å²) in [4.78, 5) is 17.8. The molecule has 0 radical (unpaired) electrons. The van der Waals surface area contributed by atoms with Crippen molar-refractivity contribution in [2.75, 3.05) is 18.4 Å². The Morgan fingerprint density at radius 2 is 2.19 bits per heavy atom. The SMILES string of the molecule is Cl.Cn1ccnc1Sc1ccc(F)cc1NC(=O)C1CC12CCNCC2. The third-order valence-corrected chi connectivity index (χ3v) is 6.44. The number of piperidine rings is 1. The van der Waals surface area contributed by atoms with Crippen molar-refractivity contribution in [1.82, 2.24) is 14.9 Å². The molecule has 1 atom stereocenters. The molecule has 2 fully saturated rings. The van der Waals surface area contributed by atoms with E-state index >= 15 is 0 Å². The summed E-state index contributed by atoms with van der Waals surface area (Å²) in [5, 5.41) is 7.10. The molecule has 2 heterocycles. The molecule has 2 aromatic rings. The van der Waals surface area contributed by atoms with Crippen LogP contribution in [0.3, 0.4) is 0 Å². The maximum Gasteiger partial charge on any atom is 0.228 e. The number of carbonyl (C=O) groups is 1. The smallest absolute Gasteiger partial charge is 0.228 e. The van der Waals surface area contributed by atoms with Gasteiger partial charge in [-0.1, -0.05) is 0 Å². The molecule has 8 heteroatoms. The number of nitrogens with zero attached hydrogens (tertiary/aromatic N) is 2. The van der Waals surface area contributed by atoms with E-state index in [4.69, 9.17) is 0 Å². The quantitative estimate of drug-likeness (QED) is 0.830. The minimum Gasteiger partial charge on any atom is -0.329 e. The van der Waals surface area contributed by atoms with Crippen LogP contribution in [0, 0.1) is 17.2 Å². The van der Waals surface area contributed by atoms with Gasteiger partial charge in [-0.05, 0) is 67.7 Å². The first-order chi connectivity index (χ1) is 12.1. The van der Waals surface area contributed by atoms with Crippen LogP contribution in [-0.2, 0) is 11.8 Å². The van der Waals surface area contributed by atoms with Gasteiger partial charge in [-0.3, -0.25) is 4.79 Å². The van der Waals surface area contributed by atoms with E-state index in [-0.39, 0.29) is 35.5 Å². The standard InChI is InChI=1S/C18H21FN4OS.ClH/c1-23-9-8-21-17(23)25-15-3-2-12(19)10-14(15)22-16(24)13-11-18(13)4-6-20-7-5-18;/h2-3,8-10,13,20H,4-7,11H2,1H3,(H,22,24);1H. The first-order valence-corrected chi connectivity index (χ1v) is 9.35. The van der Waals surface area contributed by atoms with E-state index in [9.17, 15) is 9.18 Å². The largest absolute Gasteiger partial charge is 0.329 e. The minimum atomic E-state index is -0.355. The van der Waals surface area contributed by atoms with E-state index in [1.54, 1.807) is 12.3 Å². The van der Waals surface area contributed by atoms with Crippen LogP contribution in [-0.4, -0.2) is 28.5 Å². The average Bonchev–Trinajstić information content (AvgIpc) is 3.13. The first kappa shape index (κ1) is 19.2. The Morgan fingerprint density at radius 3 is 2.88 bits per heavy atom. The number of benzene rings is 1. The Bertz CT molecular complexity index is 806. The highest BCUT2D eigenvalue weighted by Gasteiger charge is 2.57. The zero-order chi connectivity index (χ0) is 17.4. The van der Waals surface area contributed by atoms with Gasteiger partial charge in [-0.2, -0.15) is 0 Å². The van der Waals surface area contributed by atoms with E-state index in [1.165, 1.54) is 23.9 Å². The lowest BCUT2D eigenvalue weighted by molar-refractivity contribution is -0.118. The van der Waals surface area contributed by atoms with Crippen LogP contribution >= 0.6 is 24.2 Å². The predicted octanol–water partition coefficient (Wildman–Crippen LogP) is 3.46. The Morgan fingerprint density at radius 1 is 1.42 bits per heavy atom. The molecule has 2 N–H and O–H groups in total. The van der Waals surface area contributed by atoms with Crippen molar-refractivity contribution in [3.05, 3.63) is 36.4 Å². The lowest BCUT2D eigenvalue weighted by atomic mass is 9.92. The molecule has 26 heavy (non-hydrogen) atoms. The molecule has 140 valence electrons. The maximum absolute atomic E-state index is 13.7. The van der Waals surface area contributed by atoms with Crippen molar-refractivity contribution in [3.8, 4) is 0 Å². The van der Waals surface area contributed by atoms with Crippen LogP contribution in [0.5, 0.6) is 0 Å². The average molecular weight is 397 g/mol. The fourth-order valence-corrected chi connectivity index (χ4v) is 4.52. The molecule has 1 unspecified atom stereocenters. The molecule has 2 aliphatic rings. The fourth-order valence-electron chi connectivity index (χ4n) is 3.65. The predicted molar refractivity (Wildman–Crippen MR) is 102 cm³/mol. The van der Waals surface area contributed by atoms with E-state index in [0.29, 0.717) is 5.69 Å². The van der Waals surface area contributed by atoms with Gasteiger partial charge in [0.1, 0.15) is 5.82 Å². The van der Waals surface area contributed by atoms with Gasteiger partial charge in [-0.15, -0.1) is 12.4 Å². The highest BCUT2D eigenvalue weighted by molar-refractivity contribution is 7.99. The third kappa shape index (κ3) is 3.75. The number of imidazole rings is 1. The number of halogens is 2. The highest BCUT2D eigenvalue weighted by atomic mass is 35.5. The monoisotopic (exact) mass is 396 g/mol. The second-order valence-corrected chi connectivity index (χ2v) is 7.93. The van der Waals surface area contributed by atoms with E-state index in [0.717, 1.165) is 42.4 Å². The van der Waals surface area contributed by atoms with Crippen LogP contribution < -0.4 is 10.6 Å². The van der Waals surface area contributed by atoms with Crippen molar-refractivity contribution in [3.63, 3.8) is 0 Å². The minimum absolute atomic E-state index is 0. The van der Waals surface area contributed by atoms with Crippen LogP contribution in [0.1, 0.15) is 19.3 Å². The lowest BCUT2D eigenvalue weighted by Gasteiger charge is -2.23. The summed E-state index contributed by atoms with van der Waals surface area (Å²) in [7, 11) is 1.90. The summed E-state index contributed by atoms with van der Waals surface area (Å²) in [5.41, 5.74) is 0.685. The molecule has 1 aromatic heterocycles. The van der Waals surface area contributed by atoms with Crippen molar-refractivity contribution in [1.29, 1.82) is 0 Å². The normalized spacial score (nSPS) is 20.5. The molecule has 1 amide bonds. The number of aromatic nitrogens is 2. The van der Waals surface area contributed by atoms with E-state index < -0.39 is 0 Å². The highest BCUT2D eigenvalue weighted by Crippen LogP contribution is 2.58. The lowest BCUT2D eigenvalue weighted by Crippen LogP contribution is -2.31. The number of hydrogen-bond donors (Lipinski definition) is 2. The molecule has 4 rings (SSSR count). The first-order valence-electron chi connectivity index (χ1n) is 8.54. The molecule has 1 spiro atoms. The van der Waals surface area contributed by atoms with Crippen LogP contribution in [0.4, 0.5) is 10.1 Å². The summed E-state index contributed by atoms with van der Waals surface area (Å²) in [6, 6.07) is 4.49. The second-order valence-electron chi connectivity index (χ2n) is 6.92. The molecular formula is C18H22ClFN4OS. The van der Waals surface area contributed by atoms with E-state index in [1.807, 2.05) is 17.8 Å². The van der Waals surface area contributed by atoms with Gasteiger partial charge in [0.15, 0.2) is 5.16 Å². The van der Waals surface area contributed by atoms with Crippen LogP contribution in [0.2, 0.25) is 0 Å². The van der Waals surface area contributed by atoms with Crippen LogP contribution in [0.15, 0.2) is 40.6 Å². The summed E-state index contributed by atoms with van der Waals surface area (Å²) < 4.78 is 15.6. The van der Waals surface area contributed by atoms with Crippen LogP contribution in [0.25, 0.3) is 0 Å². The summed E-state index contributed by atoms with van der Waals surface area (Å²) in [6.45, 7) is 1.95. The van der Waals surface area contributed by atoms with Gasteiger partial charge < -0.3 is 15.2 Å². The summed E-state index contributed by atoms with van der Waals surface area (Å²) >= 11 is 1.42. The molecule has 1 aliphatic carbocycles. The maximum atomic E-state index is 13.7. The third-order valence-electron chi connectivity index (χ3n) is 5.28. The molecule has 1 saturated carbocycles. The zero-order valence-corrected chi connectivity index (χ0v) is 16.1. The Kier molecular flexibility index (Phi) is 5.60. The van der Waals surface area contributed by atoms with Gasteiger partial charge in [0.2, 0.25) is 5.91 Å². The molecule has 1 aromatic carbocycles. The summed E-state index contributed by atoms with van der Waals surface area (Å²) in [5.74, 6) is -0.301. The second kappa shape index (κ2) is 7.58. The Balaban J connectivity index is 0.00000196. The Hall–Kier alpha value is -1.57. The topological polar surface area (TPSA) is 59.0 Å². The zero-order valence-electron chi connectivity index (χ0n) is 14.5. The van der Waals surface area contributed by atoms with Gasteiger partial charge in [-0.25, -0.2) is 9.37 Å². The number of anilines is 1. The molecule has 5 nitrogen and oxygen atoms in total. The molecule has 1 aliphatic heterocycles. The van der Waals surface area contributed by atoms with Gasteiger partial charge in [0, 0.05) is 30.3 Å². The van der Waals surface area contributed by atoms with Crippen molar-refractivity contribution in [2.24, 2.45) is 18.4 Å². The molecule has 0 bridgehead atoms. The molecular weight excluding hydrogens is 375 g/mol. The number of aryl methyl sites for hydroxylation is 1. The number of amides is 1. The van der Waals surface area contributed by atoms with Gasteiger partial charge in [0.05, 0.1) is 5.69 Å². The van der Waals surface area contributed by atoms with Gasteiger partial charge >= 0.3 is 0 Å². The fraction of sp³-hybridized carbons (Fsp3) is 0.444. The number of carbonyl (C=O) groups excluding carboxylic acids is 1. The number of nitrogens with one attached hydrogen (secondary N) is 2. The molecule has 1 saturated heterocycles. The Labute approximate surface area is 162 Å². The van der Waals surface area contributed by atoms with Crippen molar-refractivity contribution in [2.45, 2.75) is 29.3 Å².